The third-order valence-corrected chi connectivity index (χ3v) is 5.77. The van der Waals surface area contributed by atoms with Gasteiger partial charge in [0, 0.05) is 0 Å². The normalized spacial score (nSPS) is 31.1. The van der Waals surface area contributed by atoms with Crippen LogP contribution in [0.1, 0.15) is 38.5 Å². The van der Waals surface area contributed by atoms with Gasteiger partial charge in [-0.25, -0.2) is 0 Å². The molecule has 0 amide bonds. The second-order valence-corrected chi connectivity index (χ2v) is 12.1. The van der Waals surface area contributed by atoms with E-state index < -0.39 is 8.07 Å². The Labute approximate surface area is 103 Å². The van der Waals surface area contributed by atoms with E-state index >= 15 is 0 Å². The molecule has 2 fully saturated rings. The average molecular weight is 234 g/mol. The molecule has 0 aromatic carbocycles. The van der Waals surface area contributed by atoms with E-state index in [-0.39, 0.29) is 0 Å². The van der Waals surface area contributed by atoms with Crippen molar-refractivity contribution in [3.05, 3.63) is 11.8 Å². The van der Waals surface area contributed by atoms with Gasteiger partial charge in [0.2, 0.25) is 0 Å². The summed E-state index contributed by atoms with van der Waals surface area (Å²) < 4.78 is 0. The second-order valence-electron chi connectivity index (χ2n) is 7.05. The van der Waals surface area contributed by atoms with Gasteiger partial charge < -0.3 is 0 Å². The molecule has 0 aromatic heterocycles. The Hall–Kier alpha value is 0.0218. The van der Waals surface area contributed by atoms with Crippen LogP contribution in [-0.2, 0) is 0 Å². The molecule has 0 aliphatic carbocycles. The Morgan fingerprint density at radius 1 is 1.00 bits per heavy atom. The van der Waals surface area contributed by atoms with Crippen molar-refractivity contribution in [3.8, 4) is 0 Å². The topological polar surface area (TPSA) is 0 Å². The lowest BCUT2D eigenvalue weighted by molar-refractivity contribution is 0.443. The lowest BCUT2D eigenvalue weighted by Gasteiger charge is -2.40. The predicted octanol–water partition coefficient (Wildman–Crippen LogP) is 5.02. The van der Waals surface area contributed by atoms with Gasteiger partial charge in [0.15, 0.2) is 0 Å². The minimum absolute atomic E-state index is 0.959. The van der Waals surface area contributed by atoms with Gasteiger partial charge >= 0.3 is 0 Å². The van der Waals surface area contributed by atoms with Crippen LogP contribution in [-0.4, -0.2) is 14.8 Å². The maximum atomic E-state index is 2.55. The SMILES string of the molecule is C[Si](C)(C)/C=C/CB1C2CCCC1CCC2. The monoisotopic (exact) mass is 234 g/mol. The molecule has 2 saturated heterocycles. The van der Waals surface area contributed by atoms with E-state index in [0.29, 0.717) is 0 Å². The molecule has 16 heavy (non-hydrogen) atoms. The van der Waals surface area contributed by atoms with Crippen molar-refractivity contribution < 1.29 is 0 Å². The highest BCUT2D eigenvalue weighted by Gasteiger charge is 2.37. The van der Waals surface area contributed by atoms with Gasteiger partial charge in [0.25, 0.3) is 0 Å². The summed E-state index contributed by atoms with van der Waals surface area (Å²) in [6.07, 6.45) is 13.1. The molecule has 0 spiro atoms. The summed E-state index contributed by atoms with van der Waals surface area (Å²) >= 11 is 0. The van der Waals surface area contributed by atoms with E-state index in [1.165, 1.54) is 44.8 Å². The summed E-state index contributed by atoms with van der Waals surface area (Å²) in [5, 5.41) is 0. The van der Waals surface area contributed by atoms with Crippen LogP contribution in [0.25, 0.3) is 0 Å². The molecule has 2 aliphatic heterocycles. The lowest BCUT2D eigenvalue weighted by Crippen LogP contribution is -2.34. The van der Waals surface area contributed by atoms with Crippen LogP contribution in [0.15, 0.2) is 11.8 Å². The van der Waals surface area contributed by atoms with Gasteiger partial charge in [-0.3, -0.25) is 0 Å². The van der Waals surface area contributed by atoms with E-state index in [1.54, 1.807) is 0 Å². The van der Waals surface area contributed by atoms with Crippen molar-refractivity contribution in [1.82, 2.24) is 0 Å². The van der Waals surface area contributed by atoms with Gasteiger partial charge in [0.05, 0.1) is 8.07 Å². The molecule has 2 heterocycles. The number of hydrogen-bond donors (Lipinski definition) is 0. The molecule has 2 heteroatoms. The van der Waals surface area contributed by atoms with Crippen LogP contribution < -0.4 is 0 Å². The van der Waals surface area contributed by atoms with E-state index in [0.717, 1.165) is 18.3 Å². The Morgan fingerprint density at radius 2 is 1.50 bits per heavy atom. The molecule has 0 saturated carbocycles. The van der Waals surface area contributed by atoms with Crippen LogP contribution in [0, 0.1) is 0 Å². The Balaban J connectivity index is 1.91. The molecular weight excluding hydrogens is 207 g/mol. The number of rotatable bonds is 3. The van der Waals surface area contributed by atoms with Crippen molar-refractivity contribution >= 4 is 14.8 Å². The largest absolute Gasteiger partial charge is 0.150 e. The van der Waals surface area contributed by atoms with Crippen LogP contribution in [0.2, 0.25) is 37.6 Å². The van der Waals surface area contributed by atoms with E-state index in [2.05, 4.69) is 31.4 Å². The van der Waals surface area contributed by atoms with E-state index in [9.17, 15) is 0 Å². The van der Waals surface area contributed by atoms with E-state index in [1.807, 2.05) is 0 Å². The molecule has 2 aliphatic rings. The van der Waals surface area contributed by atoms with Crippen molar-refractivity contribution in [2.24, 2.45) is 0 Å². The molecule has 0 aromatic rings. The molecule has 0 nitrogen and oxygen atoms in total. The minimum atomic E-state index is -0.959. The molecule has 0 radical (unpaired) electrons. The third-order valence-electron chi connectivity index (χ3n) is 4.54. The number of hydrogen-bond acceptors (Lipinski definition) is 0. The zero-order valence-electron chi connectivity index (χ0n) is 11.3. The first kappa shape index (κ1) is 12.5. The zero-order valence-corrected chi connectivity index (χ0v) is 12.3. The molecule has 0 N–H and O–H groups in total. The second kappa shape index (κ2) is 5.12. The number of fused-ring (bicyclic) bond motifs is 2. The highest BCUT2D eigenvalue weighted by atomic mass is 28.3. The van der Waals surface area contributed by atoms with Gasteiger partial charge in [-0.2, -0.15) is 0 Å². The fraction of sp³-hybridized carbons (Fsp3) is 0.857. The zero-order chi connectivity index (χ0) is 11.6. The summed E-state index contributed by atoms with van der Waals surface area (Å²) in [5.74, 6) is 2.16. The first-order chi connectivity index (χ1) is 7.56. The molecule has 2 rings (SSSR count). The van der Waals surface area contributed by atoms with Gasteiger partial charge in [-0.05, 0) is 0 Å². The minimum Gasteiger partial charge on any atom is -0.0996 e. The summed E-state index contributed by atoms with van der Waals surface area (Å²) in [6.45, 7) is 8.36. The quantitative estimate of drug-likeness (QED) is 0.601. The lowest BCUT2D eigenvalue weighted by atomic mass is 9.26. The predicted molar refractivity (Wildman–Crippen MR) is 78.2 cm³/mol. The molecule has 0 atom stereocenters. The summed E-state index contributed by atoms with van der Waals surface area (Å²) in [7, 11) is -0.959. The van der Waals surface area contributed by atoms with E-state index in [4.69, 9.17) is 0 Å². The van der Waals surface area contributed by atoms with Crippen LogP contribution in [0.5, 0.6) is 0 Å². The third kappa shape index (κ3) is 3.26. The summed E-state index contributed by atoms with van der Waals surface area (Å²) in [5.41, 5.74) is 2.55. The highest BCUT2D eigenvalue weighted by Crippen LogP contribution is 2.47. The fourth-order valence-corrected chi connectivity index (χ4v) is 4.62. The van der Waals surface area contributed by atoms with Crippen LogP contribution in [0.3, 0.4) is 0 Å². The number of allylic oxidation sites excluding steroid dienone is 1. The van der Waals surface area contributed by atoms with Crippen molar-refractivity contribution in [2.75, 3.05) is 0 Å². The first-order valence-electron chi connectivity index (χ1n) is 7.24. The van der Waals surface area contributed by atoms with Crippen LogP contribution in [0.4, 0.5) is 0 Å². The summed E-state index contributed by atoms with van der Waals surface area (Å²) in [6, 6.07) is 0. The molecule has 0 unspecified atom stereocenters. The van der Waals surface area contributed by atoms with Crippen molar-refractivity contribution in [2.45, 2.75) is 76.1 Å². The highest BCUT2D eigenvalue weighted by molar-refractivity contribution is 6.81. The van der Waals surface area contributed by atoms with Gasteiger partial charge in [-0.1, -0.05) is 87.9 Å². The maximum absolute atomic E-state index is 2.55. The molecule has 2 bridgehead atoms. The van der Waals surface area contributed by atoms with Crippen molar-refractivity contribution in [1.29, 1.82) is 0 Å². The first-order valence-corrected chi connectivity index (χ1v) is 10.8. The maximum Gasteiger partial charge on any atom is 0.150 e. The average Bonchev–Trinajstić information content (AvgIpc) is 2.15. The summed E-state index contributed by atoms with van der Waals surface area (Å²) in [4.78, 5) is 0. The Bertz CT molecular complexity index is 232. The Morgan fingerprint density at radius 3 is 1.94 bits per heavy atom. The van der Waals surface area contributed by atoms with Crippen LogP contribution >= 0.6 is 0 Å². The fourth-order valence-electron chi connectivity index (χ4n) is 3.78. The van der Waals surface area contributed by atoms with Gasteiger partial charge in [-0.15, -0.1) is 0 Å². The Kier molecular flexibility index (Phi) is 3.99. The van der Waals surface area contributed by atoms with Gasteiger partial charge in [0.1, 0.15) is 6.71 Å². The molecule has 90 valence electrons. The molecular formula is C14H27BSi. The standard InChI is InChI=1S/C14H27BSi/c1-16(2,3)12-6-11-15-13-7-4-8-14(15)10-5-9-13/h6,12-14H,4-5,7-11H2,1-3H3/b12-6+. The van der Waals surface area contributed by atoms with Crippen molar-refractivity contribution in [3.63, 3.8) is 0 Å². The smallest absolute Gasteiger partial charge is 0.0996 e.